The van der Waals surface area contributed by atoms with Crippen molar-refractivity contribution in [2.45, 2.75) is 25.8 Å². The summed E-state index contributed by atoms with van der Waals surface area (Å²) in [7, 11) is 0. The minimum absolute atomic E-state index is 0.320. The van der Waals surface area contributed by atoms with Crippen LogP contribution in [0.25, 0.3) is 22.6 Å². The molecule has 1 N–H and O–H groups in total. The number of aromatic hydroxyl groups is 1. The Morgan fingerprint density at radius 2 is 2.10 bits per heavy atom. The number of aryl methyl sites for hydroxylation is 1. The molecule has 0 unspecified atom stereocenters. The SMILES string of the molecule is Cc1cc(-c2nc3cccnc3n2C2CC2)ccc1O. The minimum atomic E-state index is 0.320. The van der Waals surface area contributed by atoms with Crippen molar-refractivity contribution in [3.05, 3.63) is 42.1 Å². The molecule has 0 atom stereocenters. The van der Waals surface area contributed by atoms with E-state index in [2.05, 4.69) is 9.55 Å². The zero-order chi connectivity index (χ0) is 13.7. The highest BCUT2D eigenvalue weighted by Gasteiger charge is 2.29. The molecule has 0 amide bonds. The molecule has 3 aromatic rings. The minimum Gasteiger partial charge on any atom is -0.508 e. The quantitative estimate of drug-likeness (QED) is 0.772. The van der Waals surface area contributed by atoms with Gasteiger partial charge >= 0.3 is 0 Å². The van der Waals surface area contributed by atoms with E-state index in [9.17, 15) is 5.11 Å². The highest BCUT2D eigenvalue weighted by Crippen LogP contribution is 2.41. The summed E-state index contributed by atoms with van der Waals surface area (Å²) in [5, 5.41) is 9.68. The van der Waals surface area contributed by atoms with Crippen LogP contribution >= 0.6 is 0 Å². The zero-order valence-electron chi connectivity index (χ0n) is 11.2. The van der Waals surface area contributed by atoms with Gasteiger partial charge < -0.3 is 9.67 Å². The molecule has 4 heteroatoms. The molecule has 1 fully saturated rings. The largest absolute Gasteiger partial charge is 0.508 e. The number of phenols is 1. The Morgan fingerprint density at radius 1 is 1.25 bits per heavy atom. The first-order chi connectivity index (χ1) is 9.74. The Bertz CT molecular complexity index is 803. The topological polar surface area (TPSA) is 50.9 Å². The lowest BCUT2D eigenvalue weighted by molar-refractivity contribution is 0.471. The van der Waals surface area contributed by atoms with Crippen LogP contribution in [-0.4, -0.2) is 19.6 Å². The molecule has 1 aliphatic carbocycles. The number of imidazole rings is 1. The fourth-order valence-corrected chi connectivity index (χ4v) is 2.61. The summed E-state index contributed by atoms with van der Waals surface area (Å²) in [5.74, 6) is 1.27. The first kappa shape index (κ1) is 11.5. The molecule has 4 rings (SSSR count). The first-order valence-corrected chi connectivity index (χ1v) is 6.87. The van der Waals surface area contributed by atoms with Crippen LogP contribution < -0.4 is 0 Å². The monoisotopic (exact) mass is 265 g/mol. The van der Waals surface area contributed by atoms with Crippen molar-refractivity contribution in [3.8, 4) is 17.1 Å². The molecule has 0 spiro atoms. The van der Waals surface area contributed by atoms with E-state index in [4.69, 9.17) is 4.98 Å². The van der Waals surface area contributed by atoms with E-state index in [0.717, 1.165) is 28.1 Å². The van der Waals surface area contributed by atoms with Gasteiger partial charge in [-0.3, -0.25) is 0 Å². The smallest absolute Gasteiger partial charge is 0.160 e. The molecule has 100 valence electrons. The van der Waals surface area contributed by atoms with Gasteiger partial charge in [0, 0.05) is 17.8 Å². The van der Waals surface area contributed by atoms with Crippen molar-refractivity contribution >= 4 is 11.2 Å². The maximum atomic E-state index is 9.68. The summed E-state index contributed by atoms with van der Waals surface area (Å²) in [4.78, 5) is 9.21. The lowest BCUT2D eigenvalue weighted by atomic mass is 10.1. The van der Waals surface area contributed by atoms with Crippen molar-refractivity contribution in [1.82, 2.24) is 14.5 Å². The predicted molar refractivity (Wildman–Crippen MR) is 77.6 cm³/mol. The molecule has 2 aromatic heterocycles. The Balaban J connectivity index is 1.98. The fraction of sp³-hybridized carbons (Fsp3) is 0.250. The fourth-order valence-electron chi connectivity index (χ4n) is 2.61. The van der Waals surface area contributed by atoms with Crippen LogP contribution in [0.1, 0.15) is 24.4 Å². The van der Waals surface area contributed by atoms with Gasteiger partial charge in [-0.15, -0.1) is 0 Å². The summed E-state index contributed by atoms with van der Waals surface area (Å²) >= 11 is 0. The van der Waals surface area contributed by atoms with E-state index in [1.807, 2.05) is 37.4 Å². The molecule has 0 radical (unpaired) electrons. The molecule has 0 saturated heterocycles. The van der Waals surface area contributed by atoms with Gasteiger partial charge in [0.2, 0.25) is 0 Å². The maximum absolute atomic E-state index is 9.68. The molecule has 4 nitrogen and oxygen atoms in total. The van der Waals surface area contributed by atoms with Crippen LogP contribution in [0.4, 0.5) is 0 Å². The van der Waals surface area contributed by atoms with Crippen LogP contribution in [0.2, 0.25) is 0 Å². The predicted octanol–water partition coefficient (Wildman–Crippen LogP) is 3.45. The summed E-state index contributed by atoms with van der Waals surface area (Å²) in [6.07, 6.45) is 4.19. The number of benzene rings is 1. The summed E-state index contributed by atoms with van der Waals surface area (Å²) in [6.45, 7) is 1.90. The highest BCUT2D eigenvalue weighted by molar-refractivity contribution is 5.77. The third-order valence-electron chi connectivity index (χ3n) is 3.82. The van der Waals surface area contributed by atoms with Gasteiger partial charge in [0.1, 0.15) is 17.1 Å². The van der Waals surface area contributed by atoms with Crippen LogP contribution in [-0.2, 0) is 0 Å². The van der Waals surface area contributed by atoms with Gasteiger partial charge in [0.25, 0.3) is 0 Å². The van der Waals surface area contributed by atoms with Crippen LogP contribution in [0, 0.1) is 6.92 Å². The molecular weight excluding hydrogens is 250 g/mol. The van der Waals surface area contributed by atoms with E-state index in [1.54, 1.807) is 6.07 Å². The second-order valence-electron chi connectivity index (χ2n) is 5.38. The number of aromatic nitrogens is 3. The lowest BCUT2D eigenvalue weighted by Crippen LogP contribution is -1.98. The lowest BCUT2D eigenvalue weighted by Gasteiger charge is -2.08. The number of nitrogens with zero attached hydrogens (tertiary/aromatic N) is 3. The Morgan fingerprint density at radius 3 is 2.85 bits per heavy atom. The second kappa shape index (κ2) is 4.07. The van der Waals surface area contributed by atoms with Gasteiger partial charge in [-0.05, 0) is 55.7 Å². The van der Waals surface area contributed by atoms with Crippen LogP contribution in [0.3, 0.4) is 0 Å². The van der Waals surface area contributed by atoms with Crippen molar-refractivity contribution in [1.29, 1.82) is 0 Å². The Hall–Kier alpha value is -2.36. The van der Waals surface area contributed by atoms with Gasteiger partial charge in [-0.1, -0.05) is 0 Å². The average molecular weight is 265 g/mol. The Labute approximate surface area is 116 Å². The van der Waals surface area contributed by atoms with Crippen molar-refractivity contribution in [2.24, 2.45) is 0 Å². The number of fused-ring (bicyclic) bond motifs is 1. The molecule has 0 bridgehead atoms. The van der Waals surface area contributed by atoms with Crippen molar-refractivity contribution in [2.75, 3.05) is 0 Å². The van der Waals surface area contributed by atoms with E-state index in [-0.39, 0.29) is 0 Å². The van der Waals surface area contributed by atoms with E-state index >= 15 is 0 Å². The summed E-state index contributed by atoms with van der Waals surface area (Å²) in [5.41, 5.74) is 3.78. The molecule has 1 aliphatic rings. The third-order valence-corrected chi connectivity index (χ3v) is 3.82. The van der Waals surface area contributed by atoms with Crippen LogP contribution in [0.5, 0.6) is 5.75 Å². The second-order valence-corrected chi connectivity index (χ2v) is 5.38. The van der Waals surface area contributed by atoms with Crippen LogP contribution in [0.15, 0.2) is 36.5 Å². The van der Waals surface area contributed by atoms with Gasteiger partial charge in [-0.25, -0.2) is 9.97 Å². The molecule has 2 heterocycles. The van der Waals surface area contributed by atoms with E-state index in [0.29, 0.717) is 11.8 Å². The Kier molecular flexibility index (Phi) is 2.33. The highest BCUT2D eigenvalue weighted by atomic mass is 16.3. The number of pyridine rings is 1. The van der Waals surface area contributed by atoms with E-state index in [1.165, 1.54) is 12.8 Å². The normalized spacial score (nSPS) is 14.8. The number of rotatable bonds is 2. The first-order valence-electron chi connectivity index (χ1n) is 6.87. The summed E-state index contributed by atoms with van der Waals surface area (Å²) < 4.78 is 2.24. The van der Waals surface area contributed by atoms with Crippen molar-refractivity contribution < 1.29 is 5.11 Å². The molecule has 0 aliphatic heterocycles. The van der Waals surface area contributed by atoms with Crippen molar-refractivity contribution in [3.63, 3.8) is 0 Å². The van der Waals surface area contributed by atoms with Gasteiger partial charge in [0.15, 0.2) is 5.65 Å². The molecular formula is C16H15N3O. The zero-order valence-corrected chi connectivity index (χ0v) is 11.2. The van der Waals surface area contributed by atoms with Gasteiger partial charge in [0.05, 0.1) is 0 Å². The average Bonchev–Trinajstić information content (AvgIpc) is 3.22. The maximum Gasteiger partial charge on any atom is 0.160 e. The summed E-state index contributed by atoms with van der Waals surface area (Å²) in [6, 6.07) is 10.1. The molecule has 1 aromatic carbocycles. The van der Waals surface area contributed by atoms with Gasteiger partial charge in [-0.2, -0.15) is 0 Å². The number of hydrogen-bond donors (Lipinski definition) is 1. The number of hydrogen-bond acceptors (Lipinski definition) is 3. The molecule has 1 saturated carbocycles. The number of phenolic OH excluding ortho intramolecular Hbond substituents is 1. The molecule has 20 heavy (non-hydrogen) atoms. The third kappa shape index (κ3) is 1.68. The van der Waals surface area contributed by atoms with E-state index < -0.39 is 0 Å². The standard InChI is InChI=1S/C16H15N3O/c1-10-9-11(4-7-14(10)20)15-18-13-3-2-8-17-16(13)19(15)12-5-6-12/h2-4,7-9,12,20H,5-6H2,1H3.